The van der Waals surface area contributed by atoms with Crippen LogP contribution in [0.1, 0.15) is 138 Å². The van der Waals surface area contributed by atoms with E-state index in [9.17, 15) is 9.59 Å². The van der Waals surface area contributed by atoms with E-state index in [1.165, 1.54) is 56.9 Å². The van der Waals surface area contributed by atoms with Gasteiger partial charge in [-0.2, -0.15) is 0 Å². The lowest BCUT2D eigenvalue weighted by atomic mass is 9.47. The van der Waals surface area contributed by atoms with Crippen LogP contribution in [-0.4, -0.2) is 62.1 Å². The van der Waals surface area contributed by atoms with Crippen LogP contribution in [0.25, 0.3) is 0 Å². The summed E-state index contributed by atoms with van der Waals surface area (Å²) in [6.45, 7) is 18.5. The van der Waals surface area contributed by atoms with Gasteiger partial charge in [-0.05, 0) is 150 Å². The Bertz CT molecular complexity index is 1060. The van der Waals surface area contributed by atoms with Crippen LogP contribution < -0.4 is 16.8 Å². The highest BCUT2D eigenvalue weighted by Gasteiger charge is 2.59. The van der Waals surface area contributed by atoms with Crippen LogP contribution >= 0.6 is 0 Å². The summed E-state index contributed by atoms with van der Waals surface area (Å²) in [7, 11) is 0. The molecule has 0 saturated heterocycles. The minimum absolute atomic E-state index is 0.126. The van der Waals surface area contributed by atoms with Crippen molar-refractivity contribution < 1.29 is 14.3 Å². The van der Waals surface area contributed by atoms with Gasteiger partial charge in [0, 0.05) is 19.5 Å². The maximum atomic E-state index is 13.5. The summed E-state index contributed by atoms with van der Waals surface area (Å²) in [6, 6.07) is 0. The fourth-order valence-electron chi connectivity index (χ4n) is 10.9. The Kier molecular flexibility index (Phi) is 14.9. The van der Waals surface area contributed by atoms with E-state index in [1.807, 2.05) is 4.90 Å². The molecule has 0 bridgehead atoms. The van der Waals surface area contributed by atoms with Crippen LogP contribution in [0.2, 0.25) is 0 Å². The highest BCUT2D eigenvalue weighted by atomic mass is 16.5. The van der Waals surface area contributed by atoms with Crippen molar-refractivity contribution >= 4 is 11.9 Å². The summed E-state index contributed by atoms with van der Waals surface area (Å²) in [4.78, 5) is 28.7. The smallest absolute Gasteiger partial charge is 0.318 e. The number of esters is 1. The highest BCUT2D eigenvalue weighted by Crippen LogP contribution is 2.67. The number of carbonyl (C=O) groups excluding carboxylic acids is 2. The number of unbranched alkanes of at least 4 members (excludes halogenated alkanes) is 1. The van der Waals surface area contributed by atoms with E-state index in [0.717, 1.165) is 93.5 Å². The van der Waals surface area contributed by atoms with Crippen molar-refractivity contribution in [1.29, 1.82) is 0 Å². The van der Waals surface area contributed by atoms with E-state index < -0.39 is 5.92 Å². The van der Waals surface area contributed by atoms with Crippen molar-refractivity contribution in [3.8, 4) is 0 Å². The van der Waals surface area contributed by atoms with E-state index in [4.69, 9.17) is 16.2 Å². The molecule has 7 heteroatoms. The normalized spacial score (nSPS) is 32.5. The highest BCUT2D eigenvalue weighted by molar-refractivity contribution is 5.97. The topological polar surface area (TPSA) is 111 Å². The number of nitrogens with one attached hydrogen (secondary N) is 1. The summed E-state index contributed by atoms with van der Waals surface area (Å²) in [5.74, 6) is 3.63. The molecule has 3 fully saturated rings. The minimum Gasteiger partial charge on any atom is -0.461 e. The van der Waals surface area contributed by atoms with Gasteiger partial charge in [0.1, 0.15) is 12.0 Å². The van der Waals surface area contributed by atoms with Gasteiger partial charge in [0.25, 0.3) is 0 Å². The molecule has 4 aliphatic rings. The number of hydrogen-bond acceptors (Lipinski definition) is 6. The predicted molar refractivity (Wildman–Crippen MR) is 198 cm³/mol. The molecule has 0 heterocycles. The molecule has 0 aromatic heterocycles. The van der Waals surface area contributed by atoms with Gasteiger partial charge in [-0.3, -0.25) is 9.59 Å². The molecular formula is C41H74N4O3. The van der Waals surface area contributed by atoms with Crippen molar-refractivity contribution in [3.63, 3.8) is 0 Å². The van der Waals surface area contributed by atoms with Gasteiger partial charge in [0.05, 0.1) is 0 Å². The quantitative estimate of drug-likeness (QED) is 0.0569. The molecule has 9 unspecified atom stereocenters. The van der Waals surface area contributed by atoms with Gasteiger partial charge in [0.2, 0.25) is 5.91 Å². The number of nitrogens with two attached hydrogens (primary N) is 2. The SMILES string of the molecule is CC(C)CCCC(C)C1CCC2C3CC=C4CC(OC(=O)C(C)C(=O)N(CCCN)CCCCNCCCN)CCC4(C)C3CCC12C. The Hall–Kier alpha value is -1.44. The molecular weight excluding hydrogens is 596 g/mol. The van der Waals surface area contributed by atoms with Crippen LogP contribution in [-0.2, 0) is 14.3 Å². The van der Waals surface area contributed by atoms with E-state index in [2.05, 4.69) is 46.0 Å². The third-order valence-electron chi connectivity index (χ3n) is 13.8. The molecule has 0 radical (unpaired) electrons. The molecule has 276 valence electrons. The van der Waals surface area contributed by atoms with Gasteiger partial charge in [-0.15, -0.1) is 0 Å². The summed E-state index contributed by atoms with van der Waals surface area (Å²) in [5, 5.41) is 3.40. The molecule has 4 aliphatic carbocycles. The van der Waals surface area contributed by atoms with Crippen molar-refractivity contribution in [1.82, 2.24) is 10.2 Å². The van der Waals surface area contributed by atoms with E-state index in [0.29, 0.717) is 31.6 Å². The van der Waals surface area contributed by atoms with E-state index in [-0.39, 0.29) is 23.4 Å². The largest absolute Gasteiger partial charge is 0.461 e. The van der Waals surface area contributed by atoms with Gasteiger partial charge in [-0.25, -0.2) is 0 Å². The van der Waals surface area contributed by atoms with Gasteiger partial charge in [0.15, 0.2) is 0 Å². The molecule has 48 heavy (non-hydrogen) atoms. The Morgan fingerprint density at radius 2 is 1.62 bits per heavy atom. The number of hydrogen-bond donors (Lipinski definition) is 3. The lowest BCUT2D eigenvalue weighted by Crippen LogP contribution is -2.51. The molecule has 0 aliphatic heterocycles. The Balaban J connectivity index is 1.31. The van der Waals surface area contributed by atoms with E-state index >= 15 is 0 Å². The number of amides is 1. The molecule has 4 rings (SSSR count). The summed E-state index contributed by atoms with van der Waals surface area (Å²) >= 11 is 0. The lowest BCUT2D eigenvalue weighted by molar-refractivity contribution is -0.161. The molecule has 0 spiro atoms. The second-order valence-electron chi connectivity index (χ2n) is 17.4. The predicted octanol–water partition coefficient (Wildman–Crippen LogP) is 7.47. The fraction of sp³-hybridized carbons (Fsp3) is 0.902. The summed E-state index contributed by atoms with van der Waals surface area (Å²) in [6.07, 6.45) is 19.7. The van der Waals surface area contributed by atoms with Crippen LogP contribution in [0.3, 0.4) is 0 Å². The second-order valence-corrected chi connectivity index (χ2v) is 17.4. The first-order valence-electron chi connectivity index (χ1n) is 20.3. The summed E-state index contributed by atoms with van der Waals surface area (Å²) < 4.78 is 6.14. The van der Waals surface area contributed by atoms with Crippen LogP contribution in [0.4, 0.5) is 0 Å². The van der Waals surface area contributed by atoms with Crippen molar-refractivity contribution in [2.24, 2.45) is 63.7 Å². The van der Waals surface area contributed by atoms with Crippen LogP contribution in [0, 0.1) is 52.3 Å². The molecule has 0 aromatic rings. The fourth-order valence-corrected chi connectivity index (χ4v) is 10.9. The zero-order valence-corrected chi connectivity index (χ0v) is 31.9. The number of rotatable bonds is 19. The molecule has 1 amide bonds. The standard InChI is InChI=1S/C41H74N4O3/c1-29(2)12-9-13-30(3)35-16-17-36-34-15-14-32-28-33(18-20-40(32,5)37(34)19-21-41(35,36)6)48-39(47)31(4)38(46)45(27-11-23-43)26-8-7-24-44-25-10-22-42/h14,29-31,33-37,44H,7-13,15-28,42-43H2,1-6H3. The first-order valence-corrected chi connectivity index (χ1v) is 20.3. The Labute approximate surface area is 294 Å². The second kappa shape index (κ2) is 18.2. The van der Waals surface area contributed by atoms with Crippen LogP contribution in [0.15, 0.2) is 11.6 Å². The average molecular weight is 671 g/mol. The monoisotopic (exact) mass is 671 g/mol. The number of carbonyl (C=O) groups is 2. The third kappa shape index (κ3) is 9.26. The maximum absolute atomic E-state index is 13.5. The van der Waals surface area contributed by atoms with E-state index in [1.54, 1.807) is 6.92 Å². The molecule has 0 aromatic carbocycles. The van der Waals surface area contributed by atoms with Crippen molar-refractivity contribution in [2.75, 3.05) is 39.3 Å². The summed E-state index contributed by atoms with van der Waals surface area (Å²) in [5.41, 5.74) is 13.6. The van der Waals surface area contributed by atoms with Crippen LogP contribution in [0.5, 0.6) is 0 Å². The third-order valence-corrected chi connectivity index (χ3v) is 13.8. The Morgan fingerprint density at radius 3 is 2.35 bits per heavy atom. The van der Waals surface area contributed by atoms with Gasteiger partial charge < -0.3 is 26.4 Å². The Morgan fingerprint density at radius 1 is 0.896 bits per heavy atom. The average Bonchev–Trinajstić information content (AvgIpc) is 3.42. The minimum atomic E-state index is -0.789. The lowest BCUT2D eigenvalue weighted by Gasteiger charge is -2.58. The number of ether oxygens (including phenoxy) is 1. The van der Waals surface area contributed by atoms with Crippen molar-refractivity contribution in [2.45, 2.75) is 144 Å². The number of nitrogens with zero attached hydrogens (tertiary/aromatic N) is 1. The first-order chi connectivity index (χ1) is 23.0. The molecule has 3 saturated carbocycles. The molecule has 5 N–H and O–H groups in total. The first kappa shape index (κ1) is 39.3. The maximum Gasteiger partial charge on any atom is 0.318 e. The molecule has 7 nitrogen and oxygen atoms in total. The molecule has 9 atom stereocenters. The zero-order chi connectivity index (χ0) is 34.9. The van der Waals surface area contributed by atoms with Gasteiger partial charge in [-0.1, -0.05) is 65.5 Å². The zero-order valence-electron chi connectivity index (χ0n) is 31.9. The number of allylic oxidation sites excluding steroid dienone is 1. The number of fused-ring (bicyclic) bond motifs is 5. The van der Waals surface area contributed by atoms with Gasteiger partial charge >= 0.3 is 5.97 Å². The van der Waals surface area contributed by atoms with Crippen molar-refractivity contribution in [3.05, 3.63) is 11.6 Å².